The first-order chi connectivity index (χ1) is 12.6. The predicted octanol–water partition coefficient (Wildman–Crippen LogP) is 1.44. The van der Waals surface area contributed by atoms with Crippen molar-refractivity contribution in [1.29, 1.82) is 0 Å². The van der Waals surface area contributed by atoms with E-state index in [0.29, 0.717) is 43.6 Å². The maximum atomic E-state index is 12.5. The molecule has 0 bridgehead atoms. The minimum atomic E-state index is -0.0730. The van der Waals surface area contributed by atoms with E-state index in [2.05, 4.69) is 11.9 Å². The molecule has 1 aromatic heterocycles. The van der Waals surface area contributed by atoms with Crippen LogP contribution in [0, 0.1) is 5.92 Å². The zero-order chi connectivity index (χ0) is 18.5. The lowest BCUT2D eigenvalue weighted by Crippen LogP contribution is -2.48. The lowest BCUT2D eigenvalue weighted by molar-refractivity contribution is -0.134. The number of nitrogens with zero attached hydrogens (tertiary/aromatic N) is 3. The number of rotatable bonds is 5. The lowest BCUT2D eigenvalue weighted by Gasteiger charge is -2.35. The van der Waals surface area contributed by atoms with Gasteiger partial charge in [-0.05, 0) is 37.9 Å². The molecule has 144 valence electrons. The van der Waals surface area contributed by atoms with Crippen molar-refractivity contribution < 1.29 is 18.7 Å². The van der Waals surface area contributed by atoms with E-state index < -0.39 is 0 Å². The molecule has 2 fully saturated rings. The Hall–Kier alpha value is -1.86. The molecule has 0 aliphatic carbocycles. The van der Waals surface area contributed by atoms with Crippen LogP contribution in [-0.2, 0) is 16.1 Å². The molecular formula is C19H29N3O4. The predicted molar refractivity (Wildman–Crippen MR) is 96.7 cm³/mol. The lowest BCUT2D eigenvalue weighted by atomic mass is 9.92. The summed E-state index contributed by atoms with van der Waals surface area (Å²) >= 11 is 0. The number of furan rings is 1. The Morgan fingerprint density at radius 3 is 2.42 bits per heavy atom. The van der Waals surface area contributed by atoms with E-state index in [9.17, 15) is 9.59 Å². The molecular weight excluding hydrogens is 334 g/mol. The van der Waals surface area contributed by atoms with E-state index in [4.69, 9.17) is 9.15 Å². The fraction of sp³-hybridized carbons (Fsp3) is 0.684. The summed E-state index contributed by atoms with van der Waals surface area (Å²) in [7, 11) is 3.68. The van der Waals surface area contributed by atoms with Crippen molar-refractivity contribution >= 4 is 11.8 Å². The van der Waals surface area contributed by atoms with Crippen molar-refractivity contribution in [2.75, 3.05) is 53.4 Å². The van der Waals surface area contributed by atoms with Crippen LogP contribution in [0.15, 0.2) is 16.5 Å². The third kappa shape index (κ3) is 4.65. The Bertz CT molecular complexity index is 614. The Morgan fingerprint density at radius 2 is 1.77 bits per heavy atom. The minimum Gasteiger partial charge on any atom is -0.453 e. The molecule has 1 aromatic rings. The van der Waals surface area contributed by atoms with E-state index in [1.165, 1.54) is 0 Å². The number of methoxy groups -OCH3 is 1. The van der Waals surface area contributed by atoms with E-state index >= 15 is 0 Å². The zero-order valence-electron chi connectivity index (χ0n) is 15.8. The van der Waals surface area contributed by atoms with Crippen LogP contribution in [0.1, 0.15) is 35.6 Å². The number of hydrogen-bond acceptors (Lipinski definition) is 5. The Kier molecular flexibility index (Phi) is 6.32. The second kappa shape index (κ2) is 8.68. The first-order valence-corrected chi connectivity index (χ1v) is 9.40. The molecule has 2 saturated heterocycles. The van der Waals surface area contributed by atoms with Gasteiger partial charge in [-0.3, -0.25) is 9.59 Å². The second-order valence-corrected chi connectivity index (χ2v) is 7.32. The van der Waals surface area contributed by atoms with Crippen molar-refractivity contribution in [1.82, 2.24) is 14.7 Å². The van der Waals surface area contributed by atoms with Gasteiger partial charge in [0.15, 0.2) is 5.76 Å². The molecule has 0 N–H and O–H groups in total. The van der Waals surface area contributed by atoms with Crippen molar-refractivity contribution in [2.24, 2.45) is 5.92 Å². The highest BCUT2D eigenvalue weighted by Crippen LogP contribution is 2.23. The molecule has 2 aliphatic rings. The van der Waals surface area contributed by atoms with Crippen LogP contribution in [0.2, 0.25) is 0 Å². The van der Waals surface area contributed by atoms with Crippen LogP contribution in [-0.4, -0.2) is 79.9 Å². The first kappa shape index (κ1) is 18.9. The highest BCUT2D eigenvalue weighted by Gasteiger charge is 2.28. The maximum absolute atomic E-state index is 12.5. The highest BCUT2D eigenvalue weighted by molar-refractivity contribution is 5.91. The molecule has 0 unspecified atom stereocenters. The van der Waals surface area contributed by atoms with Crippen molar-refractivity contribution in [3.8, 4) is 0 Å². The normalized spacial score (nSPS) is 19.8. The van der Waals surface area contributed by atoms with Crippen LogP contribution >= 0.6 is 0 Å². The number of likely N-dealkylation sites (tertiary alicyclic amines) is 1. The molecule has 0 spiro atoms. The van der Waals surface area contributed by atoms with Gasteiger partial charge in [-0.15, -0.1) is 0 Å². The van der Waals surface area contributed by atoms with Crippen molar-refractivity contribution in [3.05, 3.63) is 23.7 Å². The van der Waals surface area contributed by atoms with Gasteiger partial charge in [0.05, 0.1) is 0 Å². The highest BCUT2D eigenvalue weighted by atomic mass is 16.5. The van der Waals surface area contributed by atoms with Crippen LogP contribution in [0.4, 0.5) is 0 Å². The summed E-state index contributed by atoms with van der Waals surface area (Å²) in [6.07, 6.45) is 2.35. The monoisotopic (exact) mass is 363 g/mol. The minimum absolute atomic E-state index is 0.0730. The molecule has 2 amide bonds. The van der Waals surface area contributed by atoms with E-state index in [1.54, 1.807) is 19.2 Å². The number of carbonyl (C=O) groups is 2. The Labute approximate surface area is 154 Å². The molecule has 26 heavy (non-hydrogen) atoms. The Balaban J connectivity index is 1.44. The summed E-state index contributed by atoms with van der Waals surface area (Å²) < 4.78 is 10.6. The van der Waals surface area contributed by atoms with Crippen LogP contribution in [0.5, 0.6) is 0 Å². The fourth-order valence-corrected chi connectivity index (χ4v) is 3.64. The fourth-order valence-electron chi connectivity index (χ4n) is 3.64. The van der Waals surface area contributed by atoms with Crippen LogP contribution in [0.3, 0.4) is 0 Å². The SMILES string of the molecule is COCc1ccc(C(=O)N2CCC(CC(=O)N3CCN(C)CC3)CC2)o1. The largest absolute Gasteiger partial charge is 0.453 e. The maximum Gasteiger partial charge on any atom is 0.289 e. The molecule has 0 aromatic carbocycles. The first-order valence-electron chi connectivity index (χ1n) is 9.40. The van der Waals surface area contributed by atoms with Gasteiger partial charge < -0.3 is 23.9 Å². The van der Waals surface area contributed by atoms with Crippen LogP contribution in [0.25, 0.3) is 0 Å². The smallest absolute Gasteiger partial charge is 0.289 e. The third-order valence-corrected chi connectivity index (χ3v) is 5.38. The average Bonchev–Trinajstić information content (AvgIpc) is 3.11. The van der Waals surface area contributed by atoms with Gasteiger partial charge >= 0.3 is 0 Å². The number of hydrogen-bond donors (Lipinski definition) is 0. The van der Waals surface area contributed by atoms with E-state index in [1.807, 2.05) is 9.80 Å². The quantitative estimate of drug-likeness (QED) is 0.792. The second-order valence-electron chi connectivity index (χ2n) is 7.32. The summed E-state index contributed by atoms with van der Waals surface area (Å²) in [6.45, 7) is 5.28. The number of piperazine rings is 1. The summed E-state index contributed by atoms with van der Waals surface area (Å²) in [5, 5.41) is 0. The summed E-state index contributed by atoms with van der Waals surface area (Å²) in [5.74, 6) is 1.58. The number of likely N-dealkylation sites (N-methyl/N-ethyl adjacent to an activating group) is 1. The van der Waals surface area contributed by atoms with Gasteiger partial charge in [0.2, 0.25) is 5.91 Å². The molecule has 0 saturated carbocycles. The van der Waals surface area contributed by atoms with Gasteiger partial charge in [0.1, 0.15) is 12.4 Å². The topological polar surface area (TPSA) is 66.2 Å². The van der Waals surface area contributed by atoms with E-state index in [-0.39, 0.29) is 11.8 Å². The summed E-state index contributed by atoms with van der Waals surface area (Å²) in [6, 6.07) is 3.48. The summed E-state index contributed by atoms with van der Waals surface area (Å²) in [5.41, 5.74) is 0. The van der Waals surface area contributed by atoms with Gasteiger partial charge in [-0.2, -0.15) is 0 Å². The molecule has 0 radical (unpaired) electrons. The zero-order valence-corrected chi connectivity index (χ0v) is 15.8. The van der Waals surface area contributed by atoms with Crippen molar-refractivity contribution in [2.45, 2.75) is 25.9 Å². The Morgan fingerprint density at radius 1 is 1.08 bits per heavy atom. The molecule has 0 atom stereocenters. The van der Waals surface area contributed by atoms with Gasteiger partial charge in [0.25, 0.3) is 5.91 Å². The number of ether oxygens (including phenoxy) is 1. The molecule has 2 aliphatic heterocycles. The van der Waals surface area contributed by atoms with Gasteiger partial charge in [-0.25, -0.2) is 0 Å². The van der Waals surface area contributed by atoms with Gasteiger partial charge in [0, 0.05) is 52.8 Å². The molecule has 3 rings (SSSR count). The molecule has 7 heteroatoms. The average molecular weight is 363 g/mol. The number of carbonyl (C=O) groups excluding carboxylic acids is 2. The van der Waals surface area contributed by atoms with Crippen molar-refractivity contribution in [3.63, 3.8) is 0 Å². The molecule has 7 nitrogen and oxygen atoms in total. The van der Waals surface area contributed by atoms with E-state index in [0.717, 1.165) is 39.0 Å². The number of amides is 2. The van der Waals surface area contributed by atoms with Crippen LogP contribution < -0.4 is 0 Å². The standard InChI is InChI=1S/C19H29N3O4/c1-20-9-11-21(12-10-20)18(23)13-15-5-7-22(8-6-15)19(24)17-4-3-16(26-17)14-25-2/h3-4,15H,5-14H2,1-2H3. The summed E-state index contributed by atoms with van der Waals surface area (Å²) in [4.78, 5) is 31.1. The molecule has 3 heterocycles. The third-order valence-electron chi connectivity index (χ3n) is 5.38. The number of piperidine rings is 1. The van der Waals surface area contributed by atoms with Gasteiger partial charge in [-0.1, -0.05) is 0 Å².